The fourth-order valence-corrected chi connectivity index (χ4v) is 4.03. The molecule has 3 rings (SSSR count). The van der Waals surface area contributed by atoms with Gasteiger partial charge in [0.15, 0.2) is 5.78 Å². The highest BCUT2D eigenvalue weighted by Crippen LogP contribution is 2.62. The van der Waals surface area contributed by atoms with Gasteiger partial charge in [-0.05, 0) is 49.5 Å². The molecule has 0 amide bonds. The molecule has 3 nitrogen and oxygen atoms in total. The number of carbonyl (C=O) groups is 1. The molecule has 100 valence electrons. The molecule has 3 heteroatoms. The molecule has 4 atom stereocenters. The van der Waals surface area contributed by atoms with Gasteiger partial charge in [0.2, 0.25) is 0 Å². The summed E-state index contributed by atoms with van der Waals surface area (Å²) in [5.74, 6) is 0.741. The van der Waals surface area contributed by atoms with Crippen LogP contribution in [-0.2, 0) is 9.53 Å². The average Bonchev–Trinajstić information content (AvgIpc) is 3.05. The molecule has 1 saturated heterocycles. The number of carbonyl (C=O) groups excluding carboxylic acids is 1. The molecular formula is C15H22O3. The Balaban J connectivity index is 1.94. The van der Waals surface area contributed by atoms with Gasteiger partial charge < -0.3 is 9.84 Å². The largest absolute Gasteiger partial charge is 0.382 e. The van der Waals surface area contributed by atoms with Crippen molar-refractivity contribution in [1.82, 2.24) is 0 Å². The van der Waals surface area contributed by atoms with Gasteiger partial charge in [-0.2, -0.15) is 0 Å². The zero-order valence-electron chi connectivity index (χ0n) is 11.4. The van der Waals surface area contributed by atoms with Gasteiger partial charge in [0.1, 0.15) is 11.7 Å². The molecule has 1 spiro atoms. The average molecular weight is 250 g/mol. The number of allylic oxidation sites excluding steroid dienone is 1. The summed E-state index contributed by atoms with van der Waals surface area (Å²) < 4.78 is 5.57. The first-order chi connectivity index (χ1) is 8.37. The van der Waals surface area contributed by atoms with Crippen LogP contribution >= 0.6 is 0 Å². The predicted octanol–water partition coefficient (Wildman–Crippen LogP) is 2.09. The Morgan fingerprint density at radius 3 is 2.61 bits per heavy atom. The quantitative estimate of drug-likeness (QED) is 0.670. The molecule has 18 heavy (non-hydrogen) atoms. The van der Waals surface area contributed by atoms with E-state index >= 15 is 0 Å². The van der Waals surface area contributed by atoms with Gasteiger partial charge in [-0.1, -0.05) is 19.4 Å². The summed E-state index contributed by atoms with van der Waals surface area (Å²) in [5.41, 5.74) is 0.841. The molecule has 0 unspecified atom stereocenters. The number of ketones is 1. The molecule has 0 aromatic rings. The molecule has 0 bridgehead atoms. The minimum atomic E-state index is -0.964. The fraction of sp³-hybridized carbons (Fsp3) is 0.800. The van der Waals surface area contributed by atoms with Crippen LogP contribution in [0.2, 0.25) is 0 Å². The van der Waals surface area contributed by atoms with Crippen LogP contribution in [0.3, 0.4) is 0 Å². The second-order valence-electron chi connectivity index (χ2n) is 6.98. The van der Waals surface area contributed by atoms with Gasteiger partial charge in [0.05, 0.1) is 6.61 Å². The fourth-order valence-electron chi connectivity index (χ4n) is 4.03. The van der Waals surface area contributed by atoms with Crippen LogP contribution in [0.1, 0.15) is 40.0 Å². The van der Waals surface area contributed by atoms with Crippen molar-refractivity contribution in [2.75, 3.05) is 6.61 Å². The molecule has 1 heterocycles. The van der Waals surface area contributed by atoms with E-state index in [0.717, 1.165) is 24.8 Å². The van der Waals surface area contributed by atoms with Crippen LogP contribution in [0, 0.1) is 17.3 Å². The number of ether oxygens (including phenoxy) is 1. The van der Waals surface area contributed by atoms with Crippen LogP contribution in [0.4, 0.5) is 0 Å². The topological polar surface area (TPSA) is 49.8 Å². The van der Waals surface area contributed by atoms with E-state index in [-0.39, 0.29) is 5.78 Å². The molecule has 1 N–H and O–H groups in total. The van der Waals surface area contributed by atoms with E-state index < -0.39 is 11.7 Å². The third kappa shape index (κ3) is 1.60. The number of hydrogen-bond acceptors (Lipinski definition) is 3. The van der Waals surface area contributed by atoms with Crippen molar-refractivity contribution in [1.29, 1.82) is 0 Å². The van der Waals surface area contributed by atoms with Crippen molar-refractivity contribution in [2.45, 2.75) is 51.7 Å². The Kier molecular flexibility index (Phi) is 2.52. The Morgan fingerprint density at radius 2 is 2.06 bits per heavy atom. The Morgan fingerprint density at radius 1 is 1.39 bits per heavy atom. The SMILES string of the molecule is C/C1=C/C(=O)[C@@H](O)[C@]2(CO2)[C@@H]2CC(C)(C)[C@H]2CC1. The van der Waals surface area contributed by atoms with E-state index in [1.807, 2.05) is 6.92 Å². The van der Waals surface area contributed by atoms with Gasteiger partial charge in [-0.3, -0.25) is 4.79 Å². The summed E-state index contributed by atoms with van der Waals surface area (Å²) in [4.78, 5) is 12.0. The first-order valence-corrected chi connectivity index (χ1v) is 6.90. The summed E-state index contributed by atoms with van der Waals surface area (Å²) in [7, 11) is 0. The summed E-state index contributed by atoms with van der Waals surface area (Å²) in [6, 6.07) is 0. The number of rotatable bonds is 0. The van der Waals surface area contributed by atoms with Crippen molar-refractivity contribution < 1.29 is 14.6 Å². The maximum atomic E-state index is 12.0. The van der Waals surface area contributed by atoms with E-state index in [4.69, 9.17) is 4.74 Å². The first-order valence-electron chi connectivity index (χ1n) is 6.90. The molecule has 1 aliphatic heterocycles. The maximum Gasteiger partial charge on any atom is 0.187 e. The lowest BCUT2D eigenvalue weighted by molar-refractivity contribution is -0.136. The molecule has 0 aromatic heterocycles. The second-order valence-corrected chi connectivity index (χ2v) is 6.98. The van der Waals surface area contributed by atoms with Crippen molar-refractivity contribution in [3.8, 4) is 0 Å². The van der Waals surface area contributed by atoms with Crippen molar-refractivity contribution >= 4 is 5.78 Å². The monoisotopic (exact) mass is 250 g/mol. The van der Waals surface area contributed by atoms with Crippen LogP contribution in [0.5, 0.6) is 0 Å². The molecular weight excluding hydrogens is 228 g/mol. The normalized spacial score (nSPS) is 49.2. The molecule has 2 fully saturated rings. The van der Waals surface area contributed by atoms with Gasteiger partial charge in [0.25, 0.3) is 0 Å². The molecule has 0 aromatic carbocycles. The molecule has 1 saturated carbocycles. The lowest BCUT2D eigenvalue weighted by atomic mass is 9.50. The van der Waals surface area contributed by atoms with Crippen molar-refractivity contribution in [3.63, 3.8) is 0 Å². The number of aliphatic hydroxyl groups excluding tert-OH is 1. The van der Waals surface area contributed by atoms with Gasteiger partial charge in [-0.25, -0.2) is 0 Å². The van der Waals surface area contributed by atoms with Gasteiger partial charge in [-0.15, -0.1) is 0 Å². The highest BCUT2D eigenvalue weighted by molar-refractivity contribution is 5.95. The zero-order valence-corrected chi connectivity index (χ0v) is 11.4. The molecule has 0 radical (unpaired) electrons. The second kappa shape index (κ2) is 3.67. The third-order valence-electron chi connectivity index (χ3n) is 5.31. The summed E-state index contributed by atoms with van der Waals surface area (Å²) in [6.45, 7) is 7.10. The summed E-state index contributed by atoms with van der Waals surface area (Å²) >= 11 is 0. The van der Waals surface area contributed by atoms with E-state index in [1.54, 1.807) is 6.08 Å². The Bertz CT molecular complexity index is 417. The maximum absolute atomic E-state index is 12.0. The summed E-state index contributed by atoms with van der Waals surface area (Å²) in [5, 5.41) is 10.3. The third-order valence-corrected chi connectivity index (χ3v) is 5.31. The Labute approximate surface area is 108 Å². The van der Waals surface area contributed by atoms with Crippen LogP contribution < -0.4 is 0 Å². The van der Waals surface area contributed by atoms with Crippen LogP contribution in [0.15, 0.2) is 11.6 Å². The van der Waals surface area contributed by atoms with E-state index in [1.165, 1.54) is 0 Å². The lowest BCUT2D eigenvalue weighted by Gasteiger charge is -2.54. The minimum Gasteiger partial charge on any atom is -0.382 e. The molecule has 3 aliphatic rings. The van der Waals surface area contributed by atoms with Crippen LogP contribution in [-0.4, -0.2) is 29.2 Å². The Hall–Kier alpha value is -0.670. The van der Waals surface area contributed by atoms with Crippen molar-refractivity contribution in [3.05, 3.63) is 11.6 Å². The molecule has 2 aliphatic carbocycles. The minimum absolute atomic E-state index is 0.171. The van der Waals surface area contributed by atoms with E-state index in [9.17, 15) is 9.90 Å². The van der Waals surface area contributed by atoms with Gasteiger partial charge >= 0.3 is 0 Å². The van der Waals surface area contributed by atoms with E-state index in [2.05, 4.69) is 13.8 Å². The van der Waals surface area contributed by atoms with Gasteiger partial charge in [0, 0.05) is 0 Å². The highest BCUT2D eigenvalue weighted by atomic mass is 16.6. The number of fused-ring (bicyclic) bond motifs is 2. The summed E-state index contributed by atoms with van der Waals surface area (Å²) in [6.07, 6.45) is 3.77. The number of aliphatic hydroxyl groups is 1. The zero-order chi connectivity index (χ0) is 13.1. The van der Waals surface area contributed by atoms with Crippen molar-refractivity contribution in [2.24, 2.45) is 17.3 Å². The standard InChI is InChI=1S/C15H22O3/c1-9-4-5-10-11(7-14(10,2)3)15(8-18-15)13(17)12(16)6-9/h6,10-11,13,17H,4-5,7-8H2,1-3H3/b9-6-/t10-,11+,13+,15-/m0/s1. The predicted molar refractivity (Wildman–Crippen MR) is 68.1 cm³/mol. The van der Waals surface area contributed by atoms with Crippen LogP contribution in [0.25, 0.3) is 0 Å². The van der Waals surface area contributed by atoms with E-state index in [0.29, 0.717) is 23.9 Å². The first kappa shape index (κ1) is 12.4. The number of hydrogen-bond donors (Lipinski definition) is 1. The highest BCUT2D eigenvalue weighted by Gasteiger charge is 2.67. The lowest BCUT2D eigenvalue weighted by Crippen LogP contribution is -2.55. The smallest absolute Gasteiger partial charge is 0.187 e. The number of epoxide rings is 1.